The number of aromatic nitrogens is 2. The molecule has 2 heterocycles. The topological polar surface area (TPSA) is 114 Å². The van der Waals surface area contributed by atoms with Crippen LogP contribution in [-0.4, -0.2) is 38.3 Å². The first kappa shape index (κ1) is 22.3. The largest absolute Gasteiger partial charge is 0.478 e. The highest BCUT2D eigenvalue weighted by atomic mass is 19.1. The maximum atomic E-state index is 13.8. The predicted octanol–water partition coefficient (Wildman–Crippen LogP) is 4.12. The van der Waals surface area contributed by atoms with Gasteiger partial charge in [-0.1, -0.05) is 16.8 Å². The maximum Gasteiger partial charge on any atom is 0.351 e. The molecule has 33 heavy (non-hydrogen) atoms. The lowest BCUT2D eigenvalue weighted by Crippen LogP contribution is -2.35. The van der Waals surface area contributed by atoms with Crippen LogP contribution in [0.3, 0.4) is 0 Å². The molecule has 1 aromatic heterocycles. The molecule has 1 amide bonds. The summed E-state index contributed by atoms with van der Waals surface area (Å²) >= 11 is 0. The Kier molecular flexibility index (Phi) is 5.75. The highest BCUT2D eigenvalue weighted by Gasteiger charge is 2.43. The minimum Gasteiger partial charge on any atom is -0.478 e. The molecule has 10 heteroatoms. The summed E-state index contributed by atoms with van der Waals surface area (Å²) in [5.41, 5.74) is 1.73. The number of anilines is 1. The second-order valence-electron chi connectivity index (χ2n) is 8.04. The van der Waals surface area contributed by atoms with Crippen LogP contribution in [0, 0.1) is 11.6 Å². The molecule has 1 unspecified atom stereocenters. The molecule has 0 saturated heterocycles. The number of carboxylic acids is 1. The van der Waals surface area contributed by atoms with Crippen LogP contribution < -0.4 is 5.32 Å². The number of benzene rings is 1. The number of amides is 1. The van der Waals surface area contributed by atoms with Crippen molar-refractivity contribution >= 4 is 29.0 Å². The summed E-state index contributed by atoms with van der Waals surface area (Å²) in [6.45, 7) is 3.43. The maximum absolute atomic E-state index is 13.8. The van der Waals surface area contributed by atoms with Crippen molar-refractivity contribution in [3.05, 3.63) is 70.7 Å². The molecular formula is C23H20F2N4O4. The Labute approximate surface area is 187 Å². The Bertz CT molecular complexity index is 1220. The second-order valence-corrected chi connectivity index (χ2v) is 8.04. The van der Waals surface area contributed by atoms with Gasteiger partial charge >= 0.3 is 5.97 Å². The van der Waals surface area contributed by atoms with Gasteiger partial charge in [-0.3, -0.25) is 9.78 Å². The fourth-order valence-corrected chi connectivity index (χ4v) is 3.60. The second kappa shape index (κ2) is 8.53. The molecule has 8 nitrogen and oxygen atoms in total. The van der Waals surface area contributed by atoms with E-state index in [2.05, 4.69) is 20.4 Å². The number of hydrogen-bond acceptors (Lipinski definition) is 6. The molecule has 0 fully saturated rings. The van der Waals surface area contributed by atoms with Crippen LogP contribution in [0.25, 0.3) is 5.57 Å². The Hall–Kier alpha value is -3.95. The minimum absolute atomic E-state index is 0.0375. The SMILES string of the molecule is CC1=C(c2cnc(NC(=O)c3c(F)cccc3F)cn2)C=C(C2=NOC(C)(C(=O)O)C2)CC1. The van der Waals surface area contributed by atoms with Crippen LogP contribution in [-0.2, 0) is 9.63 Å². The van der Waals surface area contributed by atoms with Crippen LogP contribution in [0.1, 0.15) is 49.2 Å². The number of rotatable bonds is 5. The van der Waals surface area contributed by atoms with Crippen molar-refractivity contribution < 1.29 is 28.3 Å². The average Bonchev–Trinajstić information content (AvgIpc) is 3.18. The number of halogens is 2. The monoisotopic (exact) mass is 454 g/mol. The van der Waals surface area contributed by atoms with E-state index in [1.54, 1.807) is 0 Å². The number of hydrogen-bond donors (Lipinski definition) is 2. The summed E-state index contributed by atoms with van der Waals surface area (Å²) in [6, 6.07) is 3.16. The number of oxime groups is 1. The molecule has 1 aromatic carbocycles. The van der Waals surface area contributed by atoms with Crippen molar-refractivity contribution in [3.8, 4) is 0 Å². The van der Waals surface area contributed by atoms with Crippen LogP contribution in [0.2, 0.25) is 0 Å². The van der Waals surface area contributed by atoms with Gasteiger partial charge in [-0.15, -0.1) is 0 Å². The highest BCUT2D eigenvalue weighted by molar-refractivity contribution is 6.06. The van der Waals surface area contributed by atoms with Crippen molar-refractivity contribution in [2.24, 2.45) is 5.16 Å². The van der Waals surface area contributed by atoms with E-state index in [1.807, 2.05) is 13.0 Å². The Balaban J connectivity index is 1.52. The van der Waals surface area contributed by atoms with E-state index in [4.69, 9.17) is 4.84 Å². The Morgan fingerprint density at radius 2 is 1.88 bits per heavy atom. The number of aliphatic carboxylic acids is 1. The molecular weight excluding hydrogens is 434 g/mol. The number of nitrogens with zero attached hydrogens (tertiary/aromatic N) is 3. The van der Waals surface area contributed by atoms with Gasteiger partial charge in [0.15, 0.2) is 5.82 Å². The molecule has 0 bridgehead atoms. The number of carboxylic acid groups (broad SMARTS) is 1. The van der Waals surface area contributed by atoms with E-state index in [-0.39, 0.29) is 12.2 Å². The van der Waals surface area contributed by atoms with Crippen molar-refractivity contribution in [1.82, 2.24) is 9.97 Å². The quantitative estimate of drug-likeness (QED) is 0.703. The van der Waals surface area contributed by atoms with Gasteiger partial charge in [0.05, 0.1) is 23.8 Å². The van der Waals surface area contributed by atoms with Gasteiger partial charge in [0.25, 0.3) is 5.91 Å². The van der Waals surface area contributed by atoms with Gasteiger partial charge in [0.1, 0.15) is 17.2 Å². The van der Waals surface area contributed by atoms with Crippen molar-refractivity contribution in [3.63, 3.8) is 0 Å². The van der Waals surface area contributed by atoms with Crippen molar-refractivity contribution in [1.29, 1.82) is 0 Å². The molecule has 2 aliphatic rings. The lowest BCUT2D eigenvalue weighted by Gasteiger charge is -2.18. The summed E-state index contributed by atoms with van der Waals surface area (Å²) in [4.78, 5) is 37.3. The third-order valence-corrected chi connectivity index (χ3v) is 5.59. The summed E-state index contributed by atoms with van der Waals surface area (Å²) in [7, 11) is 0. The molecule has 2 N–H and O–H groups in total. The summed E-state index contributed by atoms with van der Waals surface area (Å²) in [5, 5.41) is 15.7. The van der Waals surface area contributed by atoms with E-state index in [0.29, 0.717) is 17.8 Å². The van der Waals surface area contributed by atoms with Gasteiger partial charge in [-0.05, 0) is 50.5 Å². The number of carbonyl (C=O) groups is 2. The lowest BCUT2D eigenvalue weighted by atomic mass is 9.86. The molecule has 0 radical (unpaired) electrons. The number of nitrogens with one attached hydrogen (secondary N) is 1. The van der Waals surface area contributed by atoms with Crippen LogP contribution in [0.5, 0.6) is 0 Å². The number of carbonyl (C=O) groups excluding carboxylic acids is 1. The van der Waals surface area contributed by atoms with Gasteiger partial charge in [0.2, 0.25) is 5.60 Å². The van der Waals surface area contributed by atoms with E-state index in [9.17, 15) is 23.5 Å². The van der Waals surface area contributed by atoms with Crippen molar-refractivity contribution in [2.75, 3.05) is 5.32 Å². The zero-order valence-electron chi connectivity index (χ0n) is 17.9. The third-order valence-electron chi connectivity index (χ3n) is 5.59. The number of allylic oxidation sites excluding steroid dienone is 4. The predicted molar refractivity (Wildman–Crippen MR) is 115 cm³/mol. The Morgan fingerprint density at radius 3 is 2.48 bits per heavy atom. The van der Waals surface area contributed by atoms with E-state index < -0.39 is 34.7 Å². The summed E-state index contributed by atoms with van der Waals surface area (Å²) in [6.07, 6.45) is 6.18. The molecule has 1 aliphatic heterocycles. The average molecular weight is 454 g/mol. The van der Waals surface area contributed by atoms with Crippen LogP contribution in [0.4, 0.5) is 14.6 Å². The van der Waals surface area contributed by atoms with E-state index in [1.165, 1.54) is 25.4 Å². The molecule has 0 spiro atoms. The van der Waals surface area contributed by atoms with Gasteiger partial charge in [0, 0.05) is 12.0 Å². The Morgan fingerprint density at radius 1 is 1.15 bits per heavy atom. The minimum atomic E-state index is -1.39. The zero-order chi connectivity index (χ0) is 23.8. The van der Waals surface area contributed by atoms with Crippen molar-refractivity contribution in [2.45, 2.75) is 38.7 Å². The molecule has 170 valence electrons. The third kappa shape index (κ3) is 4.36. The van der Waals surface area contributed by atoms with Gasteiger partial charge in [-0.2, -0.15) is 0 Å². The molecule has 1 atom stereocenters. The lowest BCUT2D eigenvalue weighted by molar-refractivity contribution is -0.160. The zero-order valence-corrected chi connectivity index (χ0v) is 17.9. The summed E-state index contributed by atoms with van der Waals surface area (Å²) < 4.78 is 27.6. The van der Waals surface area contributed by atoms with E-state index in [0.717, 1.165) is 35.3 Å². The summed E-state index contributed by atoms with van der Waals surface area (Å²) in [5.74, 6) is -3.96. The first-order chi connectivity index (χ1) is 15.7. The van der Waals surface area contributed by atoms with Gasteiger partial charge in [-0.25, -0.2) is 18.6 Å². The molecule has 2 aromatic rings. The first-order valence-electron chi connectivity index (χ1n) is 10.1. The standard InChI is InChI=1S/C23H20F2N4O4/c1-12-6-7-13(17-9-23(2,22(31)32)33-29-17)8-14(12)18-10-27-19(11-26-18)28-21(30)20-15(24)4-3-5-16(20)25/h3-5,8,10-11H,6-7,9H2,1-2H3,(H,31,32)(H,27,28,30). The molecule has 4 rings (SSSR count). The van der Waals surface area contributed by atoms with Gasteiger partial charge < -0.3 is 15.3 Å². The molecule has 1 aliphatic carbocycles. The smallest absolute Gasteiger partial charge is 0.351 e. The fourth-order valence-electron chi connectivity index (χ4n) is 3.60. The van der Waals surface area contributed by atoms with E-state index >= 15 is 0 Å². The van der Waals surface area contributed by atoms with Crippen LogP contribution in [0.15, 0.2) is 53.0 Å². The molecule has 0 saturated carbocycles. The normalized spacial score (nSPS) is 20.1. The first-order valence-corrected chi connectivity index (χ1v) is 10.1. The fraction of sp³-hybridized carbons (Fsp3) is 0.261. The highest BCUT2D eigenvalue weighted by Crippen LogP contribution is 2.34. The van der Waals surface area contributed by atoms with Crippen LogP contribution >= 0.6 is 0 Å².